The Bertz CT molecular complexity index is 1030. The number of nitrogens with zero attached hydrogens (tertiary/aromatic N) is 4. The lowest BCUT2D eigenvalue weighted by molar-refractivity contribution is -0.185. The number of ether oxygens (including phenoxy) is 2. The highest BCUT2D eigenvalue weighted by atomic mass is 16.7. The SMILES string of the molecule is Cc1ccc2c(N3CCN(CCC4CCC5(CC4)CN5C(=O)CC4OCCCO4)CC3)noc2c1. The van der Waals surface area contributed by atoms with Gasteiger partial charge in [0.1, 0.15) is 0 Å². The van der Waals surface area contributed by atoms with Gasteiger partial charge in [0.25, 0.3) is 0 Å². The molecular weight excluding hydrogens is 444 g/mol. The van der Waals surface area contributed by atoms with Gasteiger partial charge in [-0.3, -0.25) is 9.69 Å². The molecule has 4 aliphatic rings. The Kier molecular flexibility index (Phi) is 6.45. The van der Waals surface area contributed by atoms with E-state index in [2.05, 4.69) is 45.0 Å². The third kappa shape index (κ3) is 4.93. The summed E-state index contributed by atoms with van der Waals surface area (Å²) in [5.41, 5.74) is 2.22. The van der Waals surface area contributed by atoms with Crippen molar-refractivity contribution in [2.75, 3.05) is 57.4 Å². The molecule has 1 spiro atoms. The predicted molar refractivity (Wildman–Crippen MR) is 133 cm³/mol. The molecule has 1 amide bonds. The lowest BCUT2D eigenvalue weighted by Crippen LogP contribution is -2.47. The summed E-state index contributed by atoms with van der Waals surface area (Å²) in [7, 11) is 0. The van der Waals surface area contributed by atoms with Crippen molar-refractivity contribution in [3.63, 3.8) is 0 Å². The molecule has 0 unspecified atom stereocenters. The van der Waals surface area contributed by atoms with Gasteiger partial charge in [0.05, 0.1) is 30.6 Å². The third-order valence-corrected chi connectivity index (χ3v) is 8.63. The Balaban J connectivity index is 0.919. The molecule has 3 saturated heterocycles. The number of carbonyl (C=O) groups is 1. The molecule has 4 heterocycles. The standard InChI is InChI=1S/C27H38N4O4/c1-20-3-4-22-23(17-20)35-28-26(22)30-13-11-29(12-14-30)10-7-21-5-8-27(9-6-21)19-31(27)24(32)18-25-33-15-2-16-34-25/h3-4,17,21,25H,2,5-16,18-19H2,1H3. The average molecular weight is 483 g/mol. The topological polar surface area (TPSA) is 71.1 Å². The Labute approximate surface area is 207 Å². The Morgan fingerprint density at radius 3 is 2.66 bits per heavy atom. The van der Waals surface area contributed by atoms with Crippen LogP contribution in [0.5, 0.6) is 0 Å². The summed E-state index contributed by atoms with van der Waals surface area (Å²) >= 11 is 0. The second-order valence-corrected chi connectivity index (χ2v) is 11.0. The lowest BCUT2D eigenvalue weighted by atomic mass is 9.80. The molecule has 4 fully saturated rings. The van der Waals surface area contributed by atoms with Gasteiger partial charge in [0.15, 0.2) is 17.7 Å². The van der Waals surface area contributed by atoms with Crippen LogP contribution in [0.15, 0.2) is 22.7 Å². The summed E-state index contributed by atoms with van der Waals surface area (Å²) < 4.78 is 16.7. The quantitative estimate of drug-likeness (QED) is 0.583. The van der Waals surface area contributed by atoms with Gasteiger partial charge >= 0.3 is 0 Å². The van der Waals surface area contributed by atoms with E-state index in [1.54, 1.807) is 0 Å². The fourth-order valence-electron chi connectivity index (χ4n) is 6.26. The number of benzene rings is 1. The van der Waals surface area contributed by atoms with E-state index in [-0.39, 0.29) is 17.7 Å². The van der Waals surface area contributed by atoms with Crippen LogP contribution in [0.2, 0.25) is 0 Å². The number of carbonyl (C=O) groups excluding carboxylic acids is 1. The fourth-order valence-corrected chi connectivity index (χ4v) is 6.26. The highest BCUT2D eigenvalue weighted by molar-refractivity contribution is 5.89. The van der Waals surface area contributed by atoms with Gasteiger partial charge in [-0.05, 0) is 75.6 Å². The summed E-state index contributed by atoms with van der Waals surface area (Å²) in [4.78, 5) is 19.8. The van der Waals surface area contributed by atoms with Gasteiger partial charge in [-0.1, -0.05) is 11.2 Å². The van der Waals surface area contributed by atoms with Crippen molar-refractivity contribution in [3.8, 4) is 0 Å². The molecule has 1 aromatic carbocycles. The number of rotatable bonds is 6. The van der Waals surface area contributed by atoms with E-state index in [1.807, 2.05) is 0 Å². The summed E-state index contributed by atoms with van der Waals surface area (Å²) in [6.45, 7) is 9.73. The van der Waals surface area contributed by atoms with Crippen LogP contribution >= 0.6 is 0 Å². The lowest BCUT2D eigenvalue weighted by Gasteiger charge is -2.36. The van der Waals surface area contributed by atoms with Gasteiger partial charge in [-0.25, -0.2) is 0 Å². The zero-order valence-electron chi connectivity index (χ0n) is 20.9. The highest BCUT2D eigenvalue weighted by Gasteiger charge is 2.55. The predicted octanol–water partition coefficient (Wildman–Crippen LogP) is 3.57. The summed E-state index contributed by atoms with van der Waals surface area (Å²) in [5.74, 6) is 1.98. The van der Waals surface area contributed by atoms with E-state index >= 15 is 0 Å². The summed E-state index contributed by atoms with van der Waals surface area (Å²) in [6.07, 6.45) is 7.02. The number of hydrogen-bond acceptors (Lipinski definition) is 7. The molecule has 0 bridgehead atoms. The monoisotopic (exact) mass is 482 g/mol. The zero-order chi connectivity index (χ0) is 23.8. The molecule has 1 aliphatic carbocycles. The van der Waals surface area contributed by atoms with Crippen molar-refractivity contribution >= 4 is 22.7 Å². The van der Waals surface area contributed by atoms with Crippen LogP contribution < -0.4 is 4.90 Å². The van der Waals surface area contributed by atoms with Gasteiger partial charge < -0.3 is 23.8 Å². The highest BCUT2D eigenvalue weighted by Crippen LogP contribution is 2.47. The van der Waals surface area contributed by atoms with Crippen LogP contribution in [0, 0.1) is 12.8 Å². The van der Waals surface area contributed by atoms with E-state index < -0.39 is 0 Å². The molecule has 6 rings (SSSR count). The second kappa shape index (κ2) is 9.71. The molecule has 2 aromatic rings. The zero-order valence-corrected chi connectivity index (χ0v) is 20.9. The molecule has 190 valence electrons. The van der Waals surface area contributed by atoms with Crippen LogP contribution in [0.1, 0.15) is 50.5 Å². The first kappa shape index (κ1) is 23.3. The Hall–Kier alpha value is -2.16. The number of aromatic nitrogens is 1. The molecule has 8 nitrogen and oxygen atoms in total. The smallest absolute Gasteiger partial charge is 0.228 e. The Morgan fingerprint density at radius 1 is 1.11 bits per heavy atom. The molecule has 8 heteroatoms. The fraction of sp³-hybridized carbons (Fsp3) is 0.704. The van der Waals surface area contributed by atoms with Crippen molar-refractivity contribution in [1.29, 1.82) is 0 Å². The second-order valence-electron chi connectivity index (χ2n) is 11.0. The molecule has 1 aromatic heterocycles. The first-order chi connectivity index (χ1) is 17.1. The normalized spacial score (nSPS) is 28.2. The average Bonchev–Trinajstić information content (AvgIpc) is 3.43. The van der Waals surface area contributed by atoms with Crippen LogP contribution in [-0.4, -0.2) is 85.2 Å². The molecule has 0 N–H and O–H groups in total. The number of anilines is 1. The van der Waals surface area contributed by atoms with Crippen molar-refractivity contribution in [2.24, 2.45) is 5.92 Å². The molecule has 0 atom stereocenters. The maximum Gasteiger partial charge on any atom is 0.228 e. The van der Waals surface area contributed by atoms with Crippen molar-refractivity contribution < 1.29 is 18.8 Å². The van der Waals surface area contributed by atoms with E-state index in [0.717, 1.165) is 74.7 Å². The van der Waals surface area contributed by atoms with E-state index in [0.29, 0.717) is 19.6 Å². The number of fused-ring (bicyclic) bond motifs is 1. The van der Waals surface area contributed by atoms with Crippen LogP contribution in [0.25, 0.3) is 11.0 Å². The number of amides is 1. The van der Waals surface area contributed by atoms with Crippen molar-refractivity contribution in [3.05, 3.63) is 23.8 Å². The third-order valence-electron chi connectivity index (χ3n) is 8.63. The first-order valence-corrected chi connectivity index (χ1v) is 13.5. The van der Waals surface area contributed by atoms with Crippen LogP contribution in [-0.2, 0) is 14.3 Å². The van der Waals surface area contributed by atoms with Crippen molar-refractivity contribution in [1.82, 2.24) is 15.0 Å². The van der Waals surface area contributed by atoms with Crippen LogP contribution in [0.3, 0.4) is 0 Å². The minimum absolute atomic E-state index is 0.146. The largest absolute Gasteiger partial charge is 0.354 e. The molecule has 3 aliphatic heterocycles. The molecule has 35 heavy (non-hydrogen) atoms. The number of hydrogen-bond donors (Lipinski definition) is 0. The molecule has 0 radical (unpaired) electrons. The van der Waals surface area contributed by atoms with Gasteiger partial charge in [0, 0.05) is 32.7 Å². The minimum Gasteiger partial charge on any atom is -0.354 e. The maximum absolute atomic E-state index is 12.7. The van der Waals surface area contributed by atoms with E-state index in [9.17, 15) is 4.79 Å². The summed E-state index contributed by atoms with van der Waals surface area (Å²) in [6, 6.07) is 6.32. The molecule has 1 saturated carbocycles. The van der Waals surface area contributed by atoms with E-state index in [1.165, 1.54) is 31.4 Å². The first-order valence-electron chi connectivity index (χ1n) is 13.5. The number of aryl methyl sites for hydroxylation is 1. The summed E-state index contributed by atoms with van der Waals surface area (Å²) in [5, 5.41) is 5.48. The van der Waals surface area contributed by atoms with Gasteiger partial charge in [0.2, 0.25) is 5.91 Å². The minimum atomic E-state index is -0.335. The maximum atomic E-state index is 12.7. The van der Waals surface area contributed by atoms with Gasteiger partial charge in [-0.15, -0.1) is 0 Å². The van der Waals surface area contributed by atoms with Crippen molar-refractivity contribution in [2.45, 2.75) is 63.7 Å². The number of piperazine rings is 1. The van der Waals surface area contributed by atoms with E-state index in [4.69, 9.17) is 14.0 Å². The Morgan fingerprint density at radius 2 is 1.89 bits per heavy atom. The van der Waals surface area contributed by atoms with Gasteiger partial charge in [-0.2, -0.15) is 0 Å². The van der Waals surface area contributed by atoms with Crippen LogP contribution in [0.4, 0.5) is 5.82 Å². The molecular formula is C27H38N4O4.